The molecule has 0 aromatic carbocycles. The van der Waals surface area contributed by atoms with Gasteiger partial charge < -0.3 is 0 Å². The Hall–Kier alpha value is 2.19. The Morgan fingerprint density at radius 2 is 2.00 bits per heavy atom. The van der Waals surface area contributed by atoms with E-state index in [0.717, 1.165) is 14.7 Å². The van der Waals surface area contributed by atoms with Gasteiger partial charge in [0.15, 0.2) is 0 Å². The molecular weight excluding hydrogens is 513 g/mol. The van der Waals surface area contributed by atoms with E-state index in [9.17, 15) is 0 Å². The van der Waals surface area contributed by atoms with Crippen LogP contribution in [0.4, 0.5) is 0 Å². The third kappa shape index (κ3) is 1.99. The molecule has 1 aliphatic carbocycles. The summed E-state index contributed by atoms with van der Waals surface area (Å²) in [6, 6.07) is 0. The van der Waals surface area contributed by atoms with Crippen molar-refractivity contribution in [2.45, 2.75) is 48.3 Å². The van der Waals surface area contributed by atoms with Crippen LogP contribution in [0.2, 0.25) is 0 Å². The zero-order chi connectivity index (χ0) is 10.4. The van der Waals surface area contributed by atoms with E-state index in [1.165, 1.54) is 12.8 Å². The van der Waals surface area contributed by atoms with Gasteiger partial charge in [-0.2, -0.15) is 0 Å². The molecule has 2 fully saturated rings. The van der Waals surface area contributed by atoms with Gasteiger partial charge in [-0.3, -0.25) is 0 Å². The molecule has 1 spiro atoms. The summed E-state index contributed by atoms with van der Waals surface area (Å²) in [5.74, 6) is 1.03. The molecule has 0 N–H and O–H groups in total. The van der Waals surface area contributed by atoms with E-state index in [0.29, 0.717) is 42.4 Å². The normalized spacial score (nSPS) is 50.1. The van der Waals surface area contributed by atoms with E-state index in [4.69, 9.17) is 0 Å². The Labute approximate surface area is 122 Å². The summed E-state index contributed by atoms with van der Waals surface area (Å²) < 4.78 is 2.84. The van der Waals surface area contributed by atoms with Gasteiger partial charge in [0, 0.05) is 0 Å². The van der Waals surface area contributed by atoms with E-state index >= 15 is 0 Å². The van der Waals surface area contributed by atoms with Gasteiger partial charge in [0.05, 0.1) is 0 Å². The average molecular weight is 532 g/mol. The van der Waals surface area contributed by atoms with Crippen molar-refractivity contribution in [2.75, 3.05) is 4.93 Å². The Kier molecular flexibility index (Phi) is 4.03. The second-order valence-corrected chi connectivity index (χ2v) is 15.8. The fourth-order valence-electron chi connectivity index (χ4n) is 2.60. The van der Waals surface area contributed by atoms with Crippen molar-refractivity contribution in [1.82, 2.24) is 0 Å². The maximum absolute atomic E-state index is 2.77. The van der Waals surface area contributed by atoms with Gasteiger partial charge in [0.1, 0.15) is 0 Å². The van der Waals surface area contributed by atoms with Crippen LogP contribution in [-0.4, -0.2) is 13.7 Å². The molecule has 1 heterocycles. The molecule has 1 saturated heterocycles. The number of rotatable bonds is 2. The molecule has 0 nitrogen and oxygen atoms in total. The SMILES string of the molecule is C[I-]C(I)C1(C)[I-]C12CCC(C)CC2. The molecule has 2 unspecified atom stereocenters. The van der Waals surface area contributed by atoms with Gasteiger partial charge in [-0.1, -0.05) is 0 Å². The standard InChI is InChI=1S/C11H19I3/c1-8-4-6-11(7-5-8)10(2,14-11)9(12)13-3/h8-9H,4-7H2,1-3H3/q-2. The Morgan fingerprint density at radius 1 is 1.43 bits per heavy atom. The van der Waals surface area contributed by atoms with Crippen LogP contribution >= 0.6 is 22.6 Å². The van der Waals surface area contributed by atoms with Gasteiger partial charge in [-0.05, 0) is 0 Å². The molecule has 0 aromatic rings. The average Bonchev–Trinajstić information content (AvgIpc) is 2.77. The number of hydrogen-bond acceptors (Lipinski definition) is 0. The van der Waals surface area contributed by atoms with Crippen molar-refractivity contribution in [3.05, 3.63) is 0 Å². The second-order valence-electron chi connectivity index (χ2n) is 4.84. The molecule has 0 amide bonds. The molecule has 0 bridgehead atoms. The molecular formula is C11H19I3-2. The van der Waals surface area contributed by atoms with Crippen LogP contribution in [-0.2, 0) is 0 Å². The summed E-state index contributed by atoms with van der Waals surface area (Å²) in [5.41, 5.74) is 0. The van der Waals surface area contributed by atoms with Crippen molar-refractivity contribution in [2.24, 2.45) is 5.92 Å². The van der Waals surface area contributed by atoms with Crippen LogP contribution in [0, 0.1) is 5.92 Å². The minimum atomic E-state index is 0.467. The number of alkyl halides is 5. The topological polar surface area (TPSA) is 0 Å². The quantitative estimate of drug-likeness (QED) is 0.268. The zero-order valence-electron chi connectivity index (χ0n) is 9.12. The zero-order valence-corrected chi connectivity index (χ0v) is 15.6. The monoisotopic (exact) mass is 532 g/mol. The van der Waals surface area contributed by atoms with E-state index in [1.54, 1.807) is 12.8 Å². The predicted octanol–water partition coefficient (Wildman–Crippen LogP) is -2.72. The van der Waals surface area contributed by atoms with Crippen LogP contribution in [0.5, 0.6) is 0 Å². The van der Waals surface area contributed by atoms with Crippen LogP contribution < -0.4 is 42.4 Å². The van der Waals surface area contributed by atoms with Gasteiger partial charge in [-0.15, -0.1) is 0 Å². The summed E-state index contributed by atoms with van der Waals surface area (Å²) in [5, 5.41) is 0. The van der Waals surface area contributed by atoms with E-state index in [1.807, 2.05) is 0 Å². The first-order valence-electron chi connectivity index (χ1n) is 5.33. The van der Waals surface area contributed by atoms with Crippen molar-refractivity contribution < 1.29 is 42.4 Å². The molecule has 1 saturated carbocycles. The van der Waals surface area contributed by atoms with Crippen LogP contribution in [0.3, 0.4) is 0 Å². The van der Waals surface area contributed by atoms with E-state index in [-0.39, 0.29) is 0 Å². The van der Waals surface area contributed by atoms with Crippen LogP contribution in [0.15, 0.2) is 0 Å². The Bertz CT molecular complexity index is 215. The fraction of sp³-hybridized carbons (Fsp3) is 1.00. The molecule has 0 aromatic heterocycles. The van der Waals surface area contributed by atoms with E-state index < -0.39 is 0 Å². The molecule has 86 valence electrons. The summed E-state index contributed by atoms with van der Waals surface area (Å²) in [7, 11) is 0. The van der Waals surface area contributed by atoms with Gasteiger partial charge in [-0.25, -0.2) is 0 Å². The molecule has 14 heavy (non-hydrogen) atoms. The first-order chi connectivity index (χ1) is 6.54. The summed E-state index contributed by atoms with van der Waals surface area (Å²) in [6.07, 6.45) is 6.23. The summed E-state index contributed by atoms with van der Waals surface area (Å²) in [4.78, 5) is 2.47. The maximum atomic E-state index is 2.77. The molecule has 3 heteroatoms. The van der Waals surface area contributed by atoms with Crippen LogP contribution in [0.25, 0.3) is 0 Å². The molecule has 2 rings (SSSR count). The van der Waals surface area contributed by atoms with Gasteiger partial charge in [0.25, 0.3) is 0 Å². The first-order valence-corrected chi connectivity index (χ1v) is 12.1. The third-order valence-electron chi connectivity index (χ3n) is 3.89. The van der Waals surface area contributed by atoms with Crippen molar-refractivity contribution >= 4 is 22.6 Å². The van der Waals surface area contributed by atoms with Crippen molar-refractivity contribution in [1.29, 1.82) is 0 Å². The molecule has 2 aliphatic rings. The Balaban J connectivity index is 2.01. The molecule has 0 radical (unpaired) electrons. The van der Waals surface area contributed by atoms with Gasteiger partial charge >= 0.3 is 124 Å². The van der Waals surface area contributed by atoms with Crippen molar-refractivity contribution in [3.8, 4) is 0 Å². The Morgan fingerprint density at radius 3 is 2.50 bits per heavy atom. The summed E-state index contributed by atoms with van der Waals surface area (Å²) in [6.45, 7) is 5.07. The number of hydrogen-bond donors (Lipinski definition) is 0. The third-order valence-corrected chi connectivity index (χ3v) is 18.5. The minimum absolute atomic E-state index is 0.467. The predicted molar refractivity (Wildman–Crippen MR) is 62.5 cm³/mol. The first kappa shape index (κ1) is 12.6. The molecule has 1 aliphatic heterocycles. The fourth-order valence-corrected chi connectivity index (χ4v) is 13.6. The van der Waals surface area contributed by atoms with Crippen molar-refractivity contribution in [3.63, 3.8) is 0 Å². The molecule has 2 atom stereocenters. The number of halogens is 3. The second kappa shape index (κ2) is 4.46. The van der Waals surface area contributed by atoms with Crippen LogP contribution in [0.1, 0.15) is 39.5 Å². The van der Waals surface area contributed by atoms with E-state index in [2.05, 4.69) is 41.4 Å². The summed E-state index contributed by atoms with van der Waals surface area (Å²) >= 11 is 3.77. The van der Waals surface area contributed by atoms with Gasteiger partial charge in [0.2, 0.25) is 0 Å².